The fourth-order valence-corrected chi connectivity index (χ4v) is 12.2. The second kappa shape index (κ2) is 61.9. The lowest BCUT2D eigenvalue weighted by Gasteiger charge is -2.21. The summed E-state index contributed by atoms with van der Waals surface area (Å²) in [5.74, 6) is 0.264. The summed E-state index contributed by atoms with van der Waals surface area (Å²) in [6.07, 6.45) is 45.7. The first kappa shape index (κ1) is 88.1. The van der Waals surface area contributed by atoms with Gasteiger partial charge in [0.15, 0.2) is 12.2 Å². The summed E-state index contributed by atoms with van der Waals surface area (Å²) in [5.41, 5.74) is 0. The summed E-state index contributed by atoms with van der Waals surface area (Å²) in [7, 11) is -9.90. The second-order valence-electron chi connectivity index (χ2n) is 26.4. The molecule has 0 saturated heterocycles. The Labute approximate surface area is 549 Å². The van der Waals surface area contributed by atoms with Crippen LogP contribution in [0.15, 0.2) is 0 Å². The van der Waals surface area contributed by atoms with Crippen LogP contribution in [0.4, 0.5) is 0 Å². The number of carbonyl (C=O) groups is 4. The summed E-state index contributed by atoms with van der Waals surface area (Å²) < 4.78 is 68.3. The molecular weight excluding hydrogens is 1190 g/mol. The molecule has 19 heteroatoms. The van der Waals surface area contributed by atoms with E-state index in [2.05, 4.69) is 48.5 Å². The Balaban J connectivity index is 5.22. The average Bonchev–Trinajstić information content (AvgIpc) is 3.59. The van der Waals surface area contributed by atoms with E-state index in [9.17, 15) is 43.2 Å². The SMILES string of the molecule is CCCCCCCCCCC(=O)OC[C@H](COP(=O)(O)OC[C@H](O)COP(=O)(O)OC[C@@H](COC(=O)CCCCCCCCCCC(C)CC)OC(=O)CCCCCCCCCCCCCCCCC(C)CC)OC(=O)CCCCCCCCCCC(C)CC. The number of hydrogen-bond acceptors (Lipinski definition) is 15. The number of carbonyl (C=O) groups excluding carboxylic acids is 4. The normalized spacial score (nSPS) is 15.1. The molecule has 0 fully saturated rings. The van der Waals surface area contributed by atoms with Crippen LogP contribution in [0.25, 0.3) is 0 Å². The van der Waals surface area contributed by atoms with Crippen molar-refractivity contribution in [3.05, 3.63) is 0 Å². The van der Waals surface area contributed by atoms with Gasteiger partial charge in [-0.05, 0) is 43.4 Å². The van der Waals surface area contributed by atoms with Crippen molar-refractivity contribution in [2.75, 3.05) is 39.6 Å². The van der Waals surface area contributed by atoms with E-state index >= 15 is 0 Å². The van der Waals surface area contributed by atoms with E-state index < -0.39 is 97.5 Å². The van der Waals surface area contributed by atoms with Gasteiger partial charge in [-0.2, -0.15) is 0 Å². The van der Waals surface area contributed by atoms with E-state index in [1.54, 1.807) is 0 Å². The van der Waals surface area contributed by atoms with Gasteiger partial charge in [0.25, 0.3) is 0 Å². The number of hydrogen-bond donors (Lipinski definition) is 3. The fourth-order valence-electron chi connectivity index (χ4n) is 10.6. The number of rotatable bonds is 69. The monoisotopic (exact) mass is 1320 g/mol. The molecule has 0 saturated carbocycles. The van der Waals surface area contributed by atoms with E-state index in [4.69, 9.17) is 37.0 Å². The van der Waals surface area contributed by atoms with Crippen LogP contribution in [-0.4, -0.2) is 96.7 Å². The molecule has 0 aromatic heterocycles. The number of aliphatic hydroxyl groups excluding tert-OH is 1. The number of esters is 4. The van der Waals surface area contributed by atoms with Gasteiger partial charge < -0.3 is 33.8 Å². The highest BCUT2D eigenvalue weighted by molar-refractivity contribution is 7.47. The second-order valence-corrected chi connectivity index (χ2v) is 29.3. The maximum absolute atomic E-state index is 13.0. The summed E-state index contributed by atoms with van der Waals surface area (Å²) >= 11 is 0. The maximum atomic E-state index is 13.0. The Morgan fingerprint density at radius 3 is 0.789 bits per heavy atom. The quantitative estimate of drug-likeness (QED) is 0.0222. The minimum Gasteiger partial charge on any atom is -0.462 e. The lowest BCUT2D eigenvalue weighted by atomic mass is 9.99. The van der Waals surface area contributed by atoms with Gasteiger partial charge in [0, 0.05) is 25.7 Å². The standard InChI is InChI=1S/C71H138O17P2/c1-8-12-13-14-15-31-38-45-52-68(73)81-58-66(88-71(76)55-48-41-34-27-25-30-37-44-51-64(7)11-4)60-85-89(77,78)83-56-65(72)57-84-90(79,80)86-61-67(59-82-69(74)53-46-39-32-26-24-29-36-43-50-63(6)10-3)87-70(75)54-47-40-33-23-21-19-17-16-18-20-22-28-35-42-49-62(5)9-2/h62-67,72H,8-61H2,1-7H3,(H,77,78)(H,79,80)/t62?,63?,64?,65-,66+,67+/m0/s1. The summed E-state index contributed by atoms with van der Waals surface area (Å²) in [6.45, 7) is 11.9. The van der Waals surface area contributed by atoms with Crippen LogP contribution in [-0.2, 0) is 65.4 Å². The summed E-state index contributed by atoms with van der Waals surface area (Å²) in [4.78, 5) is 72.5. The third kappa shape index (κ3) is 61.0. The highest BCUT2D eigenvalue weighted by atomic mass is 31.2. The first-order valence-corrected chi connectivity index (χ1v) is 40.0. The Kier molecular flexibility index (Phi) is 60.6. The predicted octanol–water partition coefficient (Wildman–Crippen LogP) is 20.2. The largest absolute Gasteiger partial charge is 0.472 e. The van der Waals surface area contributed by atoms with Gasteiger partial charge in [-0.1, -0.05) is 305 Å². The number of phosphoric ester groups is 2. The van der Waals surface area contributed by atoms with Crippen LogP contribution >= 0.6 is 15.6 Å². The molecular formula is C71H138O17P2. The zero-order chi connectivity index (χ0) is 66.6. The van der Waals surface area contributed by atoms with Crippen molar-refractivity contribution in [2.24, 2.45) is 17.8 Å². The first-order chi connectivity index (χ1) is 43.3. The molecule has 0 aromatic rings. The van der Waals surface area contributed by atoms with Crippen molar-refractivity contribution < 1.29 is 80.2 Å². The molecule has 0 radical (unpaired) electrons. The molecule has 0 bridgehead atoms. The van der Waals surface area contributed by atoms with Gasteiger partial charge in [-0.15, -0.1) is 0 Å². The van der Waals surface area contributed by atoms with Crippen LogP contribution in [0.3, 0.4) is 0 Å². The highest BCUT2D eigenvalue weighted by Gasteiger charge is 2.30. The summed E-state index contributed by atoms with van der Waals surface area (Å²) in [6, 6.07) is 0. The van der Waals surface area contributed by atoms with Crippen molar-refractivity contribution in [2.45, 2.75) is 375 Å². The number of ether oxygens (including phenoxy) is 4. The van der Waals surface area contributed by atoms with E-state index in [1.165, 1.54) is 161 Å². The zero-order valence-corrected chi connectivity index (χ0v) is 60.4. The van der Waals surface area contributed by atoms with Crippen molar-refractivity contribution >= 4 is 39.5 Å². The molecule has 0 rings (SSSR count). The number of aliphatic hydroxyl groups is 1. The minimum absolute atomic E-state index is 0.104. The van der Waals surface area contributed by atoms with Crippen molar-refractivity contribution in [1.29, 1.82) is 0 Å². The van der Waals surface area contributed by atoms with Gasteiger partial charge in [-0.3, -0.25) is 37.3 Å². The predicted molar refractivity (Wildman–Crippen MR) is 363 cm³/mol. The average molecular weight is 1330 g/mol. The van der Waals surface area contributed by atoms with Gasteiger partial charge in [0.2, 0.25) is 0 Å². The van der Waals surface area contributed by atoms with E-state index in [0.29, 0.717) is 25.7 Å². The molecule has 0 spiro atoms. The molecule has 0 aliphatic carbocycles. The molecule has 0 amide bonds. The van der Waals surface area contributed by atoms with E-state index in [-0.39, 0.29) is 25.7 Å². The van der Waals surface area contributed by atoms with E-state index in [1.807, 2.05) is 0 Å². The Morgan fingerprint density at radius 1 is 0.311 bits per heavy atom. The molecule has 0 aromatic carbocycles. The van der Waals surface area contributed by atoms with Crippen LogP contribution in [0.5, 0.6) is 0 Å². The number of phosphoric acid groups is 2. The van der Waals surface area contributed by atoms with Crippen LogP contribution < -0.4 is 0 Å². The summed E-state index contributed by atoms with van der Waals surface area (Å²) in [5, 5.41) is 10.6. The molecule has 8 atom stereocenters. The fraction of sp³-hybridized carbons (Fsp3) is 0.944. The van der Waals surface area contributed by atoms with Crippen LogP contribution in [0.1, 0.15) is 357 Å². The Morgan fingerprint density at radius 2 is 0.533 bits per heavy atom. The first-order valence-electron chi connectivity index (χ1n) is 37.0. The Hall–Kier alpha value is -1.94. The third-order valence-corrected chi connectivity index (χ3v) is 19.4. The Bertz CT molecular complexity index is 1770. The van der Waals surface area contributed by atoms with Gasteiger partial charge in [-0.25, -0.2) is 9.13 Å². The third-order valence-electron chi connectivity index (χ3n) is 17.5. The molecule has 3 N–H and O–H groups in total. The van der Waals surface area contributed by atoms with Crippen LogP contribution in [0.2, 0.25) is 0 Å². The van der Waals surface area contributed by atoms with Gasteiger partial charge >= 0.3 is 39.5 Å². The van der Waals surface area contributed by atoms with E-state index in [0.717, 1.165) is 114 Å². The smallest absolute Gasteiger partial charge is 0.462 e. The number of unbranched alkanes of at least 4 members (excludes halogenated alkanes) is 34. The maximum Gasteiger partial charge on any atom is 0.472 e. The lowest BCUT2D eigenvalue weighted by molar-refractivity contribution is -0.161. The highest BCUT2D eigenvalue weighted by Crippen LogP contribution is 2.45. The van der Waals surface area contributed by atoms with Gasteiger partial charge in [0.05, 0.1) is 26.4 Å². The molecule has 90 heavy (non-hydrogen) atoms. The molecule has 0 heterocycles. The van der Waals surface area contributed by atoms with Crippen molar-refractivity contribution in [1.82, 2.24) is 0 Å². The lowest BCUT2D eigenvalue weighted by Crippen LogP contribution is -2.30. The van der Waals surface area contributed by atoms with Crippen LogP contribution in [0, 0.1) is 17.8 Å². The minimum atomic E-state index is -4.95. The molecule has 17 nitrogen and oxygen atoms in total. The van der Waals surface area contributed by atoms with Crippen molar-refractivity contribution in [3.8, 4) is 0 Å². The molecule has 0 aliphatic heterocycles. The molecule has 534 valence electrons. The molecule has 5 unspecified atom stereocenters. The topological polar surface area (TPSA) is 237 Å². The zero-order valence-electron chi connectivity index (χ0n) is 58.6. The van der Waals surface area contributed by atoms with Crippen molar-refractivity contribution in [3.63, 3.8) is 0 Å². The van der Waals surface area contributed by atoms with Gasteiger partial charge in [0.1, 0.15) is 19.3 Å². The molecule has 0 aliphatic rings.